The molecule has 0 aromatic carbocycles. The Morgan fingerprint density at radius 1 is 1.40 bits per heavy atom. The summed E-state index contributed by atoms with van der Waals surface area (Å²) in [4.78, 5) is 2.65. The van der Waals surface area contributed by atoms with E-state index in [1.165, 1.54) is 32.4 Å². The molecule has 3 atom stereocenters. The second kappa shape index (κ2) is 6.49. The highest BCUT2D eigenvalue weighted by Gasteiger charge is 2.27. The molecule has 0 aromatic rings. The van der Waals surface area contributed by atoms with Gasteiger partial charge in [-0.25, -0.2) is 0 Å². The summed E-state index contributed by atoms with van der Waals surface area (Å²) in [6, 6.07) is 1.38. The zero-order chi connectivity index (χ0) is 11.3. The lowest BCUT2D eigenvalue weighted by atomic mass is 10.1. The van der Waals surface area contributed by atoms with Gasteiger partial charge in [0.15, 0.2) is 0 Å². The van der Waals surface area contributed by atoms with Gasteiger partial charge in [-0.15, -0.1) is 0 Å². The molecule has 2 heteroatoms. The second-order valence-corrected chi connectivity index (χ2v) is 5.10. The summed E-state index contributed by atoms with van der Waals surface area (Å²) in [6.45, 7) is 13.0. The Labute approximate surface area is 95.4 Å². The summed E-state index contributed by atoms with van der Waals surface area (Å²) in [5.74, 6) is 0.899. The van der Waals surface area contributed by atoms with E-state index in [4.69, 9.17) is 0 Å². The second-order valence-electron chi connectivity index (χ2n) is 5.10. The van der Waals surface area contributed by atoms with Gasteiger partial charge in [0.1, 0.15) is 0 Å². The highest BCUT2D eigenvalue weighted by molar-refractivity contribution is 4.84. The number of rotatable bonds is 6. The molecule has 90 valence electrons. The van der Waals surface area contributed by atoms with E-state index in [0.29, 0.717) is 12.1 Å². The molecular formula is C13H28N2. The minimum atomic E-state index is 0.676. The van der Waals surface area contributed by atoms with Gasteiger partial charge in [0, 0.05) is 18.6 Å². The normalized spacial score (nSPS) is 26.8. The standard InChI is InChI=1S/C13H28N2/c1-5-8-14-13(6-2)12(4)15-9-7-11(3)10-15/h11-14H,5-10H2,1-4H3. The molecule has 15 heavy (non-hydrogen) atoms. The maximum Gasteiger partial charge on any atom is 0.0221 e. The average Bonchev–Trinajstić information content (AvgIpc) is 2.65. The lowest BCUT2D eigenvalue weighted by Gasteiger charge is -2.32. The smallest absolute Gasteiger partial charge is 0.0221 e. The molecule has 0 aromatic heterocycles. The fraction of sp³-hybridized carbons (Fsp3) is 1.00. The number of nitrogens with zero attached hydrogens (tertiary/aromatic N) is 1. The van der Waals surface area contributed by atoms with Gasteiger partial charge >= 0.3 is 0 Å². The Kier molecular flexibility index (Phi) is 5.62. The van der Waals surface area contributed by atoms with Crippen LogP contribution in [-0.2, 0) is 0 Å². The first kappa shape index (κ1) is 13.0. The van der Waals surface area contributed by atoms with Gasteiger partial charge in [-0.2, -0.15) is 0 Å². The molecule has 0 saturated carbocycles. The van der Waals surface area contributed by atoms with Crippen LogP contribution in [-0.4, -0.2) is 36.6 Å². The molecule has 1 aliphatic rings. The van der Waals surface area contributed by atoms with Crippen molar-refractivity contribution in [2.45, 2.75) is 59.0 Å². The third-order valence-corrected chi connectivity index (χ3v) is 3.71. The van der Waals surface area contributed by atoms with Gasteiger partial charge in [0.05, 0.1) is 0 Å². The third-order valence-electron chi connectivity index (χ3n) is 3.71. The molecule has 0 spiro atoms. The Morgan fingerprint density at radius 2 is 2.13 bits per heavy atom. The van der Waals surface area contributed by atoms with E-state index in [9.17, 15) is 0 Å². The van der Waals surface area contributed by atoms with Crippen LogP contribution in [0.3, 0.4) is 0 Å². The molecule has 0 bridgehead atoms. The molecule has 0 amide bonds. The van der Waals surface area contributed by atoms with E-state index >= 15 is 0 Å². The molecular weight excluding hydrogens is 184 g/mol. The van der Waals surface area contributed by atoms with Crippen molar-refractivity contribution in [1.82, 2.24) is 10.2 Å². The quantitative estimate of drug-likeness (QED) is 0.728. The highest BCUT2D eigenvalue weighted by atomic mass is 15.2. The topological polar surface area (TPSA) is 15.3 Å². The molecule has 3 unspecified atom stereocenters. The summed E-state index contributed by atoms with van der Waals surface area (Å²) in [5.41, 5.74) is 0. The molecule has 2 nitrogen and oxygen atoms in total. The summed E-state index contributed by atoms with van der Waals surface area (Å²) in [7, 11) is 0. The minimum Gasteiger partial charge on any atom is -0.312 e. The average molecular weight is 212 g/mol. The Balaban J connectivity index is 2.38. The Morgan fingerprint density at radius 3 is 2.60 bits per heavy atom. The lowest BCUT2D eigenvalue weighted by molar-refractivity contribution is 0.197. The first-order chi connectivity index (χ1) is 7.19. The predicted molar refractivity (Wildman–Crippen MR) is 67.2 cm³/mol. The van der Waals surface area contributed by atoms with Crippen LogP contribution in [0.1, 0.15) is 47.0 Å². The van der Waals surface area contributed by atoms with Crippen molar-refractivity contribution >= 4 is 0 Å². The van der Waals surface area contributed by atoms with Crippen LogP contribution in [0.4, 0.5) is 0 Å². The van der Waals surface area contributed by atoms with Crippen molar-refractivity contribution in [1.29, 1.82) is 0 Å². The van der Waals surface area contributed by atoms with Gasteiger partial charge in [-0.05, 0) is 45.2 Å². The number of likely N-dealkylation sites (tertiary alicyclic amines) is 1. The fourth-order valence-electron chi connectivity index (χ4n) is 2.58. The first-order valence-corrected chi connectivity index (χ1v) is 6.66. The maximum absolute atomic E-state index is 3.67. The van der Waals surface area contributed by atoms with Crippen LogP contribution in [0.2, 0.25) is 0 Å². The van der Waals surface area contributed by atoms with Crippen LogP contribution in [0.25, 0.3) is 0 Å². The lowest BCUT2D eigenvalue weighted by Crippen LogP contribution is -2.47. The van der Waals surface area contributed by atoms with Gasteiger partial charge in [-0.1, -0.05) is 20.8 Å². The highest BCUT2D eigenvalue weighted by Crippen LogP contribution is 2.20. The molecule has 1 saturated heterocycles. The summed E-state index contributed by atoms with van der Waals surface area (Å²) in [5, 5.41) is 3.67. The zero-order valence-electron chi connectivity index (χ0n) is 10.9. The molecule has 0 aliphatic carbocycles. The SMILES string of the molecule is CCCNC(CC)C(C)N1CCC(C)C1. The molecule has 1 fully saturated rings. The van der Waals surface area contributed by atoms with Crippen molar-refractivity contribution in [3.63, 3.8) is 0 Å². The monoisotopic (exact) mass is 212 g/mol. The van der Waals surface area contributed by atoms with E-state index in [1.54, 1.807) is 0 Å². The minimum absolute atomic E-state index is 0.676. The maximum atomic E-state index is 3.67. The van der Waals surface area contributed by atoms with Gasteiger partial charge in [-0.3, -0.25) is 4.90 Å². The van der Waals surface area contributed by atoms with Gasteiger partial charge < -0.3 is 5.32 Å². The Bertz CT molecular complexity index is 170. The van der Waals surface area contributed by atoms with Crippen molar-refractivity contribution in [2.75, 3.05) is 19.6 Å². The van der Waals surface area contributed by atoms with Crippen molar-refractivity contribution in [2.24, 2.45) is 5.92 Å². The van der Waals surface area contributed by atoms with E-state index in [0.717, 1.165) is 12.5 Å². The summed E-state index contributed by atoms with van der Waals surface area (Å²) in [6.07, 6.45) is 3.86. The van der Waals surface area contributed by atoms with E-state index < -0.39 is 0 Å². The number of hydrogen-bond donors (Lipinski definition) is 1. The molecule has 0 radical (unpaired) electrons. The number of hydrogen-bond acceptors (Lipinski definition) is 2. The van der Waals surface area contributed by atoms with Crippen molar-refractivity contribution in [3.05, 3.63) is 0 Å². The first-order valence-electron chi connectivity index (χ1n) is 6.66. The van der Waals surface area contributed by atoms with Crippen LogP contribution >= 0.6 is 0 Å². The molecule has 1 rings (SSSR count). The predicted octanol–water partition coefficient (Wildman–Crippen LogP) is 2.49. The fourth-order valence-corrected chi connectivity index (χ4v) is 2.58. The van der Waals surface area contributed by atoms with Crippen molar-refractivity contribution in [3.8, 4) is 0 Å². The third kappa shape index (κ3) is 3.76. The molecule has 1 N–H and O–H groups in total. The Hall–Kier alpha value is -0.0800. The number of nitrogens with one attached hydrogen (secondary N) is 1. The van der Waals surface area contributed by atoms with E-state index in [1.807, 2.05) is 0 Å². The largest absolute Gasteiger partial charge is 0.312 e. The summed E-state index contributed by atoms with van der Waals surface area (Å²) < 4.78 is 0. The van der Waals surface area contributed by atoms with Crippen LogP contribution in [0.5, 0.6) is 0 Å². The van der Waals surface area contributed by atoms with Gasteiger partial charge in [0.25, 0.3) is 0 Å². The molecule has 1 heterocycles. The molecule has 1 aliphatic heterocycles. The summed E-state index contributed by atoms with van der Waals surface area (Å²) >= 11 is 0. The van der Waals surface area contributed by atoms with Crippen molar-refractivity contribution < 1.29 is 0 Å². The van der Waals surface area contributed by atoms with E-state index in [2.05, 4.69) is 37.9 Å². The van der Waals surface area contributed by atoms with E-state index in [-0.39, 0.29) is 0 Å². The van der Waals surface area contributed by atoms with Crippen LogP contribution < -0.4 is 5.32 Å². The van der Waals surface area contributed by atoms with Gasteiger partial charge in [0.2, 0.25) is 0 Å². The van der Waals surface area contributed by atoms with Crippen LogP contribution in [0, 0.1) is 5.92 Å². The van der Waals surface area contributed by atoms with Crippen LogP contribution in [0.15, 0.2) is 0 Å². The zero-order valence-corrected chi connectivity index (χ0v) is 10.9.